The number of aromatic nitrogens is 1. The Morgan fingerprint density at radius 3 is 2.87 bits per heavy atom. The Morgan fingerprint density at radius 2 is 2.22 bits per heavy atom. The predicted octanol–water partition coefficient (Wildman–Crippen LogP) is 3.05. The minimum absolute atomic E-state index is 0.0401. The van der Waals surface area contributed by atoms with Crippen molar-refractivity contribution >= 4 is 23.3 Å². The highest BCUT2D eigenvalue weighted by Gasteiger charge is 2.47. The zero-order chi connectivity index (χ0) is 16.8. The number of carboxylic acid groups (broad SMARTS) is 1. The zero-order valence-corrected chi connectivity index (χ0v) is 11.9. The number of nitrogens with zero attached hydrogens (tertiary/aromatic N) is 1. The van der Waals surface area contributed by atoms with Gasteiger partial charge in [-0.25, -0.2) is 18.0 Å². The number of hydrogen-bond donors (Lipinski definition) is 2. The molecule has 2 aromatic rings. The van der Waals surface area contributed by atoms with Crippen LogP contribution in [-0.2, 0) is 6.42 Å². The second-order valence-corrected chi connectivity index (χ2v) is 5.65. The summed E-state index contributed by atoms with van der Waals surface area (Å²) in [4.78, 5) is 25.8. The average molecular weight is 326 g/mol. The lowest BCUT2D eigenvalue weighted by Gasteiger charge is -2.20. The standard InChI is InChI=1S/C15H13F3N2O3/c16-8-1-2-10-11(13(6-21)19-12(10)3-8)4-9-5-15(17,18)7-20(9)14(22)23/h1-3,6,9,19H,4-5,7H2,(H,22,23)/t9-/m1/s1. The molecule has 0 aliphatic carbocycles. The van der Waals surface area contributed by atoms with Gasteiger partial charge in [0.15, 0.2) is 6.29 Å². The monoisotopic (exact) mass is 326 g/mol. The first-order valence-electron chi connectivity index (χ1n) is 6.93. The number of benzene rings is 1. The fourth-order valence-electron chi connectivity index (χ4n) is 3.11. The van der Waals surface area contributed by atoms with Crippen LogP contribution in [0.25, 0.3) is 10.9 Å². The lowest BCUT2D eigenvalue weighted by atomic mass is 10.0. The molecule has 1 fully saturated rings. The zero-order valence-electron chi connectivity index (χ0n) is 11.9. The van der Waals surface area contributed by atoms with Gasteiger partial charge in [0.1, 0.15) is 5.82 Å². The molecule has 8 heteroatoms. The van der Waals surface area contributed by atoms with Gasteiger partial charge in [-0.15, -0.1) is 0 Å². The topological polar surface area (TPSA) is 73.4 Å². The third-order valence-corrected chi connectivity index (χ3v) is 4.08. The number of aromatic amines is 1. The van der Waals surface area contributed by atoms with Crippen LogP contribution in [0.4, 0.5) is 18.0 Å². The molecule has 122 valence electrons. The van der Waals surface area contributed by atoms with Gasteiger partial charge in [0.2, 0.25) is 0 Å². The van der Waals surface area contributed by atoms with Crippen LogP contribution in [0.1, 0.15) is 22.5 Å². The van der Waals surface area contributed by atoms with Crippen LogP contribution in [0.15, 0.2) is 18.2 Å². The Balaban J connectivity index is 2.00. The molecule has 2 N–H and O–H groups in total. The van der Waals surface area contributed by atoms with Crippen molar-refractivity contribution in [2.45, 2.75) is 24.8 Å². The van der Waals surface area contributed by atoms with Crippen molar-refractivity contribution < 1.29 is 27.9 Å². The van der Waals surface area contributed by atoms with Crippen molar-refractivity contribution in [2.75, 3.05) is 6.54 Å². The number of H-pyrrole nitrogens is 1. The van der Waals surface area contributed by atoms with E-state index in [2.05, 4.69) is 4.98 Å². The van der Waals surface area contributed by atoms with Gasteiger partial charge < -0.3 is 10.1 Å². The molecule has 1 amide bonds. The van der Waals surface area contributed by atoms with E-state index >= 15 is 0 Å². The fourth-order valence-corrected chi connectivity index (χ4v) is 3.11. The summed E-state index contributed by atoms with van der Waals surface area (Å²) in [6.45, 7) is -0.861. The molecule has 0 radical (unpaired) electrons. The Labute approximate surface area is 128 Å². The van der Waals surface area contributed by atoms with Gasteiger partial charge in [0, 0.05) is 23.4 Å². The maximum Gasteiger partial charge on any atom is 0.407 e. The highest BCUT2D eigenvalue weighted by Crippen LogP contribution is 2.35. The highest BCUT2D eigenvalue weighted by molar-refractivity contribution is 5.92. The van der Waals surface area contributed by atoms with Crippen LogP contribution in [0.2, 0.25) is 0 Å². The Hall–Kier alpha value is -2.51. The molecule has 0 bridgehead atoms. The van der Waals surface area contributed by atoms with Crippen LogP contribution in [-0.4, -0.2) is 45.9 Å². The van der Waals surface area contributed by atoms with Crippen molar-refractivity contribution in [1.82, 2.24) is 9.88 Å². The third-order valence-electron chi connectivity index (χ3n) is 4.08. The highest BCUT2D eigenvalue weighted by atomic mass is 19.3. The smallest absolute Gasteiger partial charge is 0.407 e. The van der Waals surface area contributed by atoms with Gasteiger partial charge in [-0.3, -0.25) is 9.69 Å². The van der Waals surface area contributed by atoms with Crippen molar-refractivity contribution in [1.29, 1.82) is 0 Å². The number of amides is 1. The molecule has 1 aliphatic heterocycles. The summed E-state index contributed by atoms with van der Waals surface area (Å²) in [5.74, 6) is -3.59. The van der Waals surface area contributed by atoms with Crippen LogP contribution in [0, 0.1) is 5.82 Å². The number of halogens is 3. The van der Waals surface area contributed by atoms with E-state index in [0.717, 1.165) is 0 Å². The molecule has 1 aromatic heterocycles. The van der Waals surface area contributed by atoms with Gasteiger partial charge in [0.05, 0.1) is 12.2 Å². The number of nitrogens with one attached hydrogen (secondary N) is 1. The molecule has 2 heterocycles. The number of alkyl halides is 2. The second-order valence-electron chi connectivity index (χ2n) is 5.65. The lowest BCUT2D eigenvalue weighted by Crippen LogP contribution is -2.36. The number of aldehydes is 1. The van der Waals surface area contributed by atoms with E-state index < -0.39 is 36.8 Å². The normalized spacial score (nSPS) is 20.1. The molecule has 0 saturated carbocycles. The molecular weight excluding hydrogens is 313 g/mol. The summed E-state index contributed by atoms with van der Waals surface area (Å²) in [6.07, 6.45) is -1.55. The molecule has 0 spiro atoms. The van der Waals surface area contributed by atoms with E-state index in [1.807, 2.05) is 0 Å². The van der Waals surface area contributed by atoms with Crippen molar-refractivity contribution in [3.63, 3.8) is 0 Å². The molecule has 23 heavy (non-hydrogen) atoms. The van der Waals surface area contributed by atoms with Crippen LogP contribution >= 0.6 is 0 Å². The Bertz CT molecular complexity index is 788. The van der Waals surface area contributed by atoms with Crippen molar-refractivity contribution in [3.05, 3.63) is 35.3 Å². The summed E-state index contributed by atoms with van der Waals surface area (Å²) < 4.78 is 40.4. The van der Waals surface area contributed by atoms with E-state index in [1.54, 1.807) is 0 Å². The largest absolute Gasteiger partial charge is 0.465 e. The SMILES string of the molecule is O=Cc1[nH]c2cc(F)ccc2c1C[C@@H]1CC(F)(F)CN1C(=O)O. The number of fused-ring (bicyclic) bond motifs is 1. The predicted molar refractivity (Wildman–Crippen MR) is 75.4 cm³/mol. The van der Waals surface area contributed by atoms with Crippen LogP contribution in [0.5, 0.6) is 0 Å². The minimum Gasteiger partial charge on any atom is -0.465 e. The van der Waals surface area contributed by atoms with E-state index in [-0.39, 0.29) is 12.1 Å². The first kappa shape index (κ1) is 15.4. The summed E-state index contributed by atoms with van der Waals surface area (Å²) in [7, 11) is 0. The van der Waals surface area contributed by atoms with E-state index in [1.165, 1.54) is 18.2 Å². The van der Waals surface area contributed by atoms with Gasteiger partial charge >= 0.3 is 6.09 Å². The first-order valence-corrected chi connectivity index (χ1v) is 6.93. The summed E-state index contributed by atoms with van der Waals surface area (Å²) >= 11 is 0. The molecule has 0 unspecified atom stereocenters. The van der Waals surface area contributed by atoms with Gasteiger partial charge in [-0.05, 0) is 30.2 Å². The van der Waals surface area contributed by atoms with E-state index in [9.17, 15) is 22.8 Å². The number of rotatable bonds is 3. The average Bonchev–Trinajstić information content (AvgIpc) is 2.96. The van der Waals surface area contributed by atoms with Crippen molar-refractivity contribution in [2.24, 2.45) is 0 Å². The Kier molecular flexibility index (Phi) is 3.54. The molecule has 1 aliphatic rings. The van der Waals surface area contributed by atoms with Gasteiger partial charge in [0.25, 0.3) is 5.92 Å². The van der Waals surface area contributed by atoms with Gasteiger partial charge in [-0.1, -0.05) is 0 Å². The summed E-state index contributed by atoms with van der Waals surface area (Å²) in [6, 6.07) is 2.91. The molecule has 1 aromatic carbocycles. The number of likely N-dealkylation sites (tertiary alicyclic amines) is 1. The number of carbonyl (C=O) groups excluding carboxylic acids is 1. The summed E-state index contributed by atoms with van der Waals surface area (Å²) in [5.41, 5.74) is 0.934. The fraction of sp³-hybridized carbons (Fsp3) is 0.333. The molecule has 1 saturated heterocycles. The molecule has 1 atom stereocenters. The molecule has 5 nitrogen and oxygen atoms in total. The second kappa shape index (κ2) is 5.29. The number of carbonyl (C=O) groups is 2. The summed E-state index contributed by atoms with van der Waals surface area (Å²) in [5, 5.41) is 9.61. The van der Waals surface area contributed by atoms with E-state index in [0.29, 0.717) is 27.7 Å². The molecular formula is C15H13F3N2O3. The Morgan fingerprint density at radius 1 is 1.48 bits per heavy atom. The van der Waals surface area contributed by atoms with Crippen LogP contribution in [0.3, 0.4) is 0 Å². The molecule has 3 rings (SSSR count). The minimum atomic E-state index is -3.09. The first-order chi connectivity index (χ1) is 10.8. The van der Waals surface area contributed by atoms with Crippen molar-refractivity contribution in [3.8, 4) is 0 Å². The maximum atomic E-state index is 13.6. The van der Waals surface area contributed by atoms with E-state index in [4.69, 9.17) is 5.11 Å². The third kappa shape index (κ3) is 2.76. The van der Waals surface area contributed by atoms with Crippen LogP contribution < -0.4 is 0 Å². The maximum absolute atomic E-state index is 13.6. The number of hydrogen-bond acceptors (Lipinski definition) is 2. The quantitative estimate of drug-likeness (QED) is 0.852. The van der Waals surface area contributed by atoms with Gasteiger partial charge in [-0.2, -0.15) is 0 Å². The lowest BCUT2D eigenvalue weighted by molar-refractivity contribution is 0.0126.